The summed E-state index contributed by atoms with van der Waals surface area (Å²) < 4.78 is 11.3. The van der Waals surface area contributed by atoms with Crippen molar-refractivity contribution in [3.63, 3.8) is 0 Å². The van der Waals surface area contributed by atoms with Crippen LogP contribution in [0.5, 0.6) is 11.5 Å². The molecule has 0 heterocycles. The zero-order valence-corrected chi connectivity index (χ0v) is 15.5. The summed E-state index contributed by atoms with van der Waals surface area (Å²) in [5.74, 6) is 1.06. The number of nitrogens with zero attached hydrogens (tertiary/aromatic N) is 1. The number of hydrogen-bond acceptors (Lipinski definition) is 4. The molecule has 0 aliphatic rings. The monoisotopic (exact) mass is 369 g/mol. The Kier molecular flexibility index (Phi) is 6.22. The molecule has 0 spiro atoms. The summed E-state index contributed by atoms with van der Waals surface area (Å²) in [4.78, 5) is 12.3. The van der Waals surface area contributed by atoms with E-state index in [1.165, 1.54) is 6.08 Å². The molecular formula is C24H19NO3. The average Bonchev–Trinajstić information content (AvgIpc) is 2.77. The molecule has 4 nitrogen and oxygen atoms in total. The molecule has 0 saturated heterocycles. The number of carbonyl (C=O) groups excluding carboxylic acids is 1. The standard InChI is InChI=1S/C24H19NO3/c1-27-24-15-18(10-12-22(26)21-9-5-8-20(14-21)16-25)11-13-23(24)28-17-19-6-3-2-4-7-19/h2-15H,17H2,1H3. The number of nitriles is 1. The van der Waals surface area contributed by atoms with Gasteiger partial charge in [-0.15, -0.1) is 0 Å². The molecule has 28 heavy (non-hydrogen) atoms. The summed E-state index contributed by atoms with van der Waals surface area (Å²) in [6, 6.07) is 24.0. The van der Waals surface area contributed by atoms with Crippen LogP contribution in [-0.2, 0) is 6.61 Å². The lowest BCUT2D eigenvalue weighted by molar-refractivity contribution is 0.104. The van der Waals surface area contributed by atoms with Gasteiger partial charge in [0.05, 0.1) is 18.7 Å². The summed E-state index contributed by atoms with van der Waals surface area (Å²) in [6.07, 6.45) is 3.20. The largest absolute Gasteiger partial charge is 0.493 e. The van der Waals surface area contributed by atoms with Gasteiger partial charge in [-0.2, -0.15) is 5.26 Å². The van der Waals surface area contributed by atoms with Crippen LogP contribution in [-0.4, -0.2) is 12.9 Å². The van der Waals surface area contributed by atoms with Crippen molar-refractivity contribution in [2.75, 3.05) is 7.11 Å². The molecule has 4 heteroatoms. The average molecular weight is 369 g/mol. The molecule has 3 rings (SSSR count). The highest BCUT2D eigenvalue weighted by atomic mass is 16.5. The normalized spacial score (nSPS) is 10.4. The number of ether oxygens (including phenoxy) is 2. The van der Waals surface area contributed by atoms with E-state index in [2.05, 4.69) is 0 Å². The fraction of sp³-hybridized carbons (Fsp3) is 0.0833. The van der Waals surface area contributed by atoms with E-state index in [4.69, 9.17) is 14.7 Å². The summed E-state index contributed by atoms with van der Waals surface area (Å²) >= 11 is 0. The van der Waals surface area contributed by atoms with Crippen molar-refractivity contribution in [2.24, 2.45) is 0 Å². The van der Waals surface area contributed by atoms with Gasteiger partial charge in [-0.1, -0.05) is 54.6 Å². The Hall–Kier alpha value is -3.84. The van der Waals surface area contributed by atoms with Gasteiger partial charge in [0.25, 0.3) is 0 Å². The Morgan fingerprint density at radius 3 is 2.57 bits per heavy atom. The highest BCUT2D eigenvalue weighted by molar-refractivity contribution is 6.07. The van der Waals surface area contributed by atoms with Gasteiger partial charge in [0.1, 0.15) is 6.61 Å². The van der Waals surface area contributed by atoms with E-state index >= 15 is 0 Å². The van der Waals surface area contributed by atoms with Gasteiger partial charge in [-0.3, -0.25) is 4.79 Å². The molecule has 0 aliphatic carbocycles. The van der Waals surface area contributed by atoms with Crippen LogP contribution in [0.25, 0.3) is 6.08 Å². The molecule has 0 aromatic heterocycles. The third kappa shape index (κ3) is 4.87. The number of benzene rings is 3. The summed E-state index contributed by atoms with van der Waals surface area (Å²) in [5, 5.41) is 8.95. The van der Waals surface area contributed by atoms with Crippen LogP contribution in [0, 0.1) is 11.3 Å². The van der Waals surface area contributed by atoms with Crippen LogP contribution in [0.1, 0.15) is 27.0 Å². The molecule has 0 saturated carbocycles. The maximum absolute atomic E-state index is 12.3. The predicted molar refractivity (Wildman–Crippen MR) is 108 cm³/mol. The smallest absolute Gasteiger partial charge is 0.185 e. The van der Waals surface area contributed by atoms with Gasteiger partial charge in [0.2, 0.25) is 0 Å². The molecular weight excluding hydrogens is 350 g/mol. The lowest BCUT2D eigenvalue weighted by atomic mass is 10.1. The Morgan fingerprint density at radius 1 is 1.00 bits per heavy atom. The minimum atomic E-state index is -0.166. The van der Waals surface area contributed by atoms with E-state index in [1.807, 2.05) is 54.6 Å². The highest BCUT2D eigenvalue weighted by Crippen LogP contribution is 2.29. The minimum Gasteiger partial charge on any atom is -0.493 e. The van der Waals surface area contributed by atoms with Crippen LogP contribution in [0.3, 0.4) is 0 Å². The Bertz CT molecular complexity index is 1030. The van der Waals surface area contributed by atoms with Gasteiger partial charge in [0, 0.05) is 5.56 Å². The first kappa shape index (κ1) is 18.9. The summed E-state index contributed by atoms with van der Waals surface area (Å²) in [6.45, 7) is 0.445. The second-order valence-corrected chi connectivity index (χ2v) is 6.07. The van der Waals surface area contributed by atoms with Crippen molar-refractivity contribution in [3.05, 3.63) is 101 Å². The first-order chi connectivity index (χ1) is 13.7. The summed E-state index contributed by atoms with van der Waals surface area (Å²) in [7, 11) is 1.58. The van der Waals surface area contributed by atoms with Crippen molar-refractivity contribution in [3.8, 4) is 17.6 Å². The molecule has 0 aliphatic heterocycles. The van der Waals surface area contributed by atoms with Gasteiger partial charge in [0.15, 0.2) is 17.3 Å². The topological polar surface area (TPSA) is 59.3 Å². The lowest BCUT2D eigenvalue weighted by Gasteiger charge is -2.11. The predicted octanol–water partition coefficient (Wildman–Crippen LogP) is 5.04. The number of hydrogen-bond donors (Lipinski definition) is 0. The van der Waals surface area contributed by atoms with E-state index in [0.29, 0.717) is 29.2 Å². The number of carbonyl (C=O) groups is 1. The van der Waals surface area contributed by atoms with Gasteiger partial charge in [-0.05, 0) is 41.5 Å². The molecule has 0 atom stereocenters. The lowest BCUT2D eigenvalue weighted by Crippen LogP contribution is -1.98. The van der Waals surface area contributed by atoms with E-state index in [9.17, 15) is 4.79 Å². The molecule has 0 bridgehead atoms. The van der Waals surface area contributed by atoms with E-state index in [0.717, 1.165) is 11.1 Å². The Balaban J connectivity index is 1.71. The van der Waals surface area contributed by atoms with Crippen LogP contribution in [0.15, 0.2) is 78.9 Å². The van der Waals surface area contributed by atoms with Crippen LogP contribution in [0.4, 0.5) is 0 Å². The maximum Gasteiger partial charge on any atom is 0.185 e. The SMILES string of the molecule is COc1cc(C=CC(=O)c2cccc(C#N)c2)ccc1OCc1ccccc1. The highest BCUT2D eigenvalue weighted by Gasteiger charge is 2.07. The zero-order valence-electron chi connectivity index (χ0n) is 15.5. The third-order valence-electron chi connectivity index (χ3n) is 4.13. The number of rotatable bonds is 7. The maximum atomic E-state index is 12.3. The second-order valence-electron chi connectivity index (χ2n) is 6.07. The molecule has 0 radical (unpaired) electrons. The van der Waals surface area contributed by atoms with Crippen molar-refractivity contribution >= 4 is 11.9 Å². The summed E-state index contributed by atoms with van der Waals surface area (Å²) in [5.41, 5.74) is 2.82. The fourth-order valence-corrected chi connectivity index (χ4v) is 2.65. The van der Waals surface area contributed by atoms with Crippen molar-refractivity contribution in [2.45, 2.75) is 6.61 Å². The number of ketones is 1. The molecule has 0 unspecified atom stereocenters. The molecule has 138 valence electrons. The number of methoxy groups -OCH3 is 1. The van der Waals surface area contributed by atoms with Crippen molar-refractivity contribution in [1.82, 2.24) is 0 Å². The first-order valence-electron chi connectivity index (χ1n) is 8.77. The first-order valence-corrected chi connectivity index (χ1v) is 8.77. The Morgan fingerprint density at radius 2 is 1.82 bits per heavy atom. The van der Waals surface area contributed by atoms with E-state index in [-0.39, 0.29) is 5.78 Å². The van der Waals surface area contributed by atoms with Crippen molar-refractivity contribution in [1.29, 1.82) is 5.26 Å². The van der Waals surface area contributed by atoms with Gasteiger partial charge in [-0.25, -0.2) is 0 Å². The fourth-order valence-electron chi connectivity index (χ4n) is 2.65. The second kappa shape index (κ2) is 9.20. The van der Waals surface area contributed by atoms with Gasteiger partial charge < -0.3 is 9.47 Å². The minimum absolute atomic E-state index is 0.166. The Labute approximate surface area is 164 Å². The zero-order chi connectivity index (χ0) is 19.8. The van der Waals surface area contributed by atoms with Crippen molar-refractivity contribution < 1.29 is 14.3 Å². The van der Waals surface area contributed by atoms with Gasteiger partial charge >= 0.3 is 0 Å². The van der Waals surface area contributed by atoms with E-state index in [1.54, 1.807) is 37.5 Å². The van der Waals surface area contributed by atoms with Crippen LogP contribution >= 0.6 is 0 Å². The molecule has 3 aromatic rings. The molecule has 0 fully saturated rings. The molecule has 0 amide bonds. The molecule has 0 N–H and O–H groups in total. The third-order valence-corrected chi connectivity index (χ3v) is 4.13. The van der Waals surface area contributed by atoms with Crippen LogP contribution < -0.4 is 9.47 Å². The van der Waals surface area contributed by atoms with Crippen LogP contribution in [0.2, 0.25) is 0 Å². The molecule has 3 aromatic carbocycles. The quantitative estimate of drug-likeness (QED) is 0.432. The number of allylic oxidation sites excluding steroid dienone is 1. The van der Waals surface area contributed by atoms with E-state index < -0.39 is 0 Å².